The molecule has 0 amide bonds. The van der Waals surface area contributed by atoms with Gasteiger partial charge in [-0.3, -0.25) is 10.1 Å². The quantitative estimate of drug-likeness (QED) is 0.644. The second-order valence-electron chi connectivity index (χ2n) is 4.01. The van der Waals surface area contributed by atoms with Gasteiger partial charge in [-0.25, -0.2) is 9.78 Å². The molecular weight excluding hydrogens is 298 g/mol. The molecule has 2 aromatic rings. The number of carbonyl (C=O) groups is 1. The third-order valence-corrected chi connectivity index (χ3v) is 3.68. The summed E-state index contributed by atoms with van der Waals surface area (Å²) in [5.74, 6) is -0.911. The number of carboxylic acids is 1. The summed E-state index contributed by atoms with van der Waals surface area (Å²) >= 11 is 0.964. The first-order valence-electron chi connectivity index (χ1n) is 5.72. The standard InChI is InChI=1S/C12H11N3O5S/c1-6-10(11(16)17)21-12(13-6)14-7-3-4-9(20-2)8(5-7)15(18)19/h3-5H,1-2H3,(H,13,14)(H,16,17). The second-order valence-corrected chi connectivity index (χ2v) is 5.01. The maximum absolute atomic E-state index is 11.0. The van der Waals surface area contributed by atoms with Gasteiger partial charge in [0.15, 0.2) is 10.9 Å². The van der Waals surface area contributed by atoms with Gasteiger partial charge in [0.2, 0.25) is 0 Å². The molecule has 0 unspecified atom stereocenters. The fourth-order valence-electron chi connectivity index (χ4n) is 1.68. The van der Waals surface area contributed by atoms with Crippen LogP contribution in [0.4, 0.5) is 16.5 Å². The number of carboxylic acid groups (broad SMARTS) is 1. The summed E-state index contributed by atoms with van der Waals surface area (Å²) in [6.07, 6.45) is 0. The lowest BCUT2D eigenvalue weighted by Gasteiger charge is -2.05. The maximum Gasteiger partial charge on any atom is 0.347 e. The molecule has 0 fully saturated rings. The highest BCUT2D eigenvalue weighted by atomic mass is 32.1. The summed E-state index contributed by atoms with van der Waals surface area (Å²) in [6.45, 7) is 1.58. The summed E-state index contributed by atoms with van der Waals surface area (Å²) < 4.78 is 4.91. The molecule has 0 bridgehead atoms. The van der Waals surface area contributed by atoms with Crippen molar-refractivity contribution in [3.63, 3.8) is 0 Å². The highest BCUT2D eigenvalue weighted by molar-refractivity contribution is 7.17. The molecule has 0 aliphatic carbocycles. The number of ether oxygens (including phenoxy) is 1. The van der Waals surface area contributed by atoms with Crippen molar-refractivity contribution in [1.82, 2.24) is 4.98 Å². The summed E-state index contributed by atoms with van der Waals surface area (Å²) in [5.41, 5.74) is 0.625. The van der Waals surface area contributed by atoms with Crippen molar-refractivity contribution in [1.29, 1.82) is 0 Å². The van der Waals surface area contributed by atoms with Crippen LogP contribution in [0.2, 0.25) is 0 Å². The zero-order valence-corrected chi connectivity index (χ0v) is 11.9. The van der Waals surface area contributed by atoms with Gasteiger partial charge >= 0.3 is 11.7 Å². The van der Waals surface area contributed by atoms with E-state index < -0.39 is 10.9 Å². The zero-order valence-electron chi connectivity index (χ0n) is 11.1. The number of aromatic carboxylic acids is 1. The highest BCUT2D eigenvalue weighted by Gasteiger charge is 2.17. The Balaban J connectivity index is 2.31. The van der Waals surface area contributed by atoms with Crippen molar-refractivity contribution < 1.29 is 19.6 Å². The number of benzene rings is 1. The average Bonchev–Trinajstić information content (AvgIpc) is 2.79. The van der Waals surface area contributed by atoms with Crippen molar-refractivity contribution >= 4 is 33.8 Å². The van der Waals surface area contributed by atoms with Crippen LogP contribution in [-0.2, 0) is 0 Å². The van der Waals surface area contributed by atoms with Gasteiger partial charge in [0.25, 0.3) is 0 Å². The summed E-state index contributed by atoms with van der Waals surface area (Å²) in [5, 5.41) is 23.1. The molecule has 0 radical (unpaired) electrons. The number of nitro benzene ring substituents is 1. The van der Waals surface area contributed by atoms with Crippen LogP contribution >= 0.6 is 11.3 Å². The molecule has 0 saturated heterocycles. The Hall–Kier alpha value is -2.68. The first-order valence-corrected chi connectivity index (χ1v) is 6.54. The minimum atomic E-state index is -1.06. The number of hydrogen-bond donors (Lipinski definition) is 2. The molecule has 8 nitrogen and oxygen atoms in total. The molecule has 1 heterocycles. The van der Waals surface area contributed by atoms with Crippen LogP contribution in [0.3, 0.4) is 0 Å². The van der Waals surface area contributed by atoms with Gasteiger partial charge in [0.05, 0.1) is 17.7 Å². The average molecular weight is 309 g/mol. The van der Waals surface area contributed by atoms with Crippen LogP contribution < -0.4 is 10.1 Å². The number of anilines is 2. The molecule has 1 aromatic heterocycles. The first-order chi connectivity index (χ1) is 9.92. The van der Waals surface area contributed by atoms with Crippen molar-refractivity contribution in [2.75, 3.05) is 12.4 Å². The number of thiazole rings is 1. The molecular formula is C12H11N3O5S. The third-order valence-electron chi connectivity index (χ3n) is 2.62. The molecule has 0 aliphatic heterocycles. The number of aromatic nitrogens is 1. The Morgan fingerprint density at radius 3 is 2.76 bits per heavy atom. The highest BCUT2D eigenvalue weighted by Crippen LogP contribution is 2.32. The van der Waals surface area contributed by atoms with E-state index in [1.165, 1.54) is 19.2 Å². The monoisotopic (exact) mass is 309 g/mol. The van der Waals surface area contributed by atoms with Gasteiger partial charge in [-0.2, -0.15) is 0 Å². The van der Waals surface area contributed by atoms with Crippen LogP contribution in [0.5, 0.6) is 5.75 Å². The molecule has 0 spiro atoms. The zero-order chi connectivity index (χ0) is 15.6. The SMILES string of the molecule is COc1ccc(Nc2nc(C)c(C(=O)O)s2)cc1[N+](=O)[O-]. The van der Waals surface area contributed by atoms with Gasteiger partial charge in [-0.1, -0.05) is 11.3 Å². The molecule has 9 heteroatoms. The predicted molar refractivity (Wildman–Crippen MR) is 76.7 cm³/mol. The molecule has 0 saturated carbocycles. The largest absolute Gasteiger partial charge is 0.490 e. The Labute approximate surface area is 123 Å². The van der Waals surface area contributed by atoms with Gasteiger partial charge in [0, 0.05) is 11.8 Å². The van der Waals surface area contributed by atoms with Gasteiger partial charge < -0.3 is 15.2 Å². The molecule has 2 N–H and O–H groups in total. The Bertz CT molecular complexity index is 713. The molecule has 2 rings (SSSR count). The lowest BCUT2D eigenvalue weighted by Crippen LogP contribution is -1.96. The van der Waals surface area contributed by atoms with Gasteiger partial charge in [-0.15, -0.1) is 0 Å². The van der Waals surface area contributed by atoms with Gasteiger partial charge in [-0.05, 0) is 19.1 Å². The van der Waals surface area contributed by atoms with E-state index in [4.69, 9.17) is 9.84 Å². The molecule has 0 aliphatic rings. The van der Waals surface area contributed by atoms with Gasteiger partial charge in [0.1, 0.15) is 4.88 Å². The van der Waals surface area contributed by atoms with Crippen molar-refractivity contribution in [3.8, 4) is 5.75 Å². The molecule has 110 valence electrons. The van der Waals surface area contributed by atoms with E-state index in [-0.39, 0.29) is 16.3 Å². The van der Waals surface area contributed by atoms with Crippen LogP contribution in [0.15, 0.2) is 18.2 Å². The summed E-state index contributed by atoms with van der Waals surface area (Å²) in [4.78, 5) is 25.5. The summed E-state index contributed by atoms with van der Waals surface area (Å²) in [6, 6.07) is 4.35. The number of nitro groups is 1. The lowest BCUT2D eigenvalue weighted by molar-refractivity contribution is -0.385. The Kier molecular flexibility index (Phi) is 4.03. The molecule has 21 heavy (non-hydrogen) atoms. The molecule has 0 atom stereocenters. The maximum atomic E-state index is 11.0. The topological polar surface area (TPSA) is 115 Å². The minimum Gasteiger partial charge on any atom is -0.490 e. The third kappa shape index (κ3) is 3.08. The van der Waals surface area contributed by atoms with E-state index in [1.54, 1.807) is 13.0 Å². The minimum absolute atomic E-state index is 0.125. The van der Waals surface area contributed by atoms with E-state index in [0.29, 0.717) is 16.5 Å². The number of rotatable bonds is 5. The second kappa shape index (κ2) is 5.75. The number of aryl methyl sites for hydroxylation is 1. The van der Waals surface area contributed by atoms with E-state index >= 15 is 0 Å². The predicted octanol–water partition coefficient (Wildman–Crippen LogP) is 2.81. The first kappa shape index (κ1) is 14.7. The smallest absolute Gasteiger partial charge is 0.347 e. The van der Waals surface area contributed by atoms with Crippen molar-refractivity contribution in [3.05, 3.63) is 38.9 Å². The van der Waals surface area contributed by atoms with Crippen LogP contribution in [0.1, 0.15) is 15.4 Å². The summed E-state index contributed by atoms with van der Waals surface area (Å²) in [7, 11) is 1.35. The van der Waals surface area contributed by atoms with Crippen LogP contribution in [-0.4, -0.2) is 28.1 Å². The van der Waals surface area contributed by atoms with Crippen molar-refractivity contribution in [2.24, 2.45) is 0 Å². The van der Waals surface area contributed by atoms with E-state index in [0.717, 1.165) is 11.3 Å². The Morgan fingerprint density at radius 2 is 2.24 bits per heavy atom. The van der Waals surface area contributed by atoms with E-state index in [2.05, 4.69) is 10.3 Å². The fourth-order valence-corrected chi connectivity index (χ4v) is 2.51. The van der Waals surface area contributed by atoms with Crippen LogP contribution in [0.25, 0.3) is 0 Å². The number of hydrogen-bond acceptors (Lipinski definition) is 7. The number of methoxy groups -OCH3 is 1. The van der Waals surface area contributed by atoms with Crippen molar-refractivity contribution in [2.45, 2.75) is 6.92 Å². The van der Waals surface area contributed by atoms with E-state index in [9.17, 15) is 14.9 Å². The van der Waals surface area contributed by atoms with Crippen LogP contribution in [0, 0.1) is 17.0 Å². The molecule has 1 aromatic carbocycles. The Morgan fingerprint density at radius 1 is 1.52 bits per heavy atom. The fraction of sp³-hybridized carbons (Fsp3) is 0.167. The van der Waals surface area contributed by atoms with E-state index in [1.807, 2.05) is 0 Å². The normalized spacial score (nSPS) is 10.2. The lowest BCUT2D eigenvalue weighted by atomic mass is 10.2. The number of nitrogens with zero attached hydrogens (tertiary/aromatic N) is 2. The number of nitrogens with one attached hydrogen (secondary N) is 1.